The summed E-state index contributed by atoms with van der Waals surface area (Å²) < 4.78 is 0. The Kier molecular flexibility index (Phi) is 2.89. The van der Waals surface area contributed by atoms with Gasteiger partial charge in [-0.25, -0.2) is 0 Å². The lowest BCUT2D eigenvalue weighted by Gasteiger charge is -2.20. The molecule has 16 heavy (non-hydrogen) atoms. The fourth-order valence-corrected chi connectivity index (χ4v) is 2.09. The summed E-state index contributed by atoms with van der Waals surface area (Å²) in [5, 5.41) is 3.62. The predicted molar refractivity (Wildman–Crippen MR) is 67.7 cm³/mol. The molecule has 0 saturated heterocycles. The number of hydrogen-bond acceptors (Lipinski definition) is 3. The molecule has 1 aliphatic carbocycles. The second-order valence-electron chi connectivity index (χ2n) is 5.18. The van der Waals surface area contributed by atoms with Crippen molar-refractivity contribution in [3.63, 3.8) is 0 Å². The van der Waals surface area contributed by atoms with E-state index in [0.29, 0.717) is 6.04 Å². The fourth-order valence-electron chi connectivity index (χ4n) is 2.09. The van der Waals surface area contributed by atoms with Crippen molar-refractivity contribution in [2.24, 2.45) is 0 Å². The van der Waals surface area contributed by atoms with Crippen molar-refractivity contribution in [2.45, 2.75) is 38.3 Å². The van der Waals surface area contributed by atoms with E-state index in [4.69, 9.17) is 0 Å². The third-order valence-electron chi connectivity index (χ3n) is 3.07. The quantitative estimate of drug-likeness (QED) is 0.841. The number of nitrogens with one attached hydrogen (secondary N) is 1. The van der Waals surface area contributed by atoms with Crippen LogP contribution in [0.2, 0.25) is 0 Å². The van der Waals surface area contributed by atoms with E-state index in [1.807, 2.05) is 20.3 Å². The van der Waals surface area contributed by atoms with Crippen molar-refractivity contribution >= 4 is 5.69 Å². The largest absolute Gasteiger partial charge is 0.376 e. The topological polar surface area (TPSA) is 28.2 Å². The minimum atomic E-state index is 0.166. The van der Waals surface area contributed by atoms with Crippen molar-refractivity contribution in [2.75, 3.05) is 19.0 Å². The first-order chi connectivity index (χ1) is 7.53. The van der Waals surface area contributed by atoms with Crippen LogP contribution in [-0.2, 0) is 5.54 Å². The molecule has 3 nitrogen and oxygen atoms in total. The average molecular weight is 219 g/mol. The van der Waals surface area contributed by atoms with Crippen LogP contribution in [0.5, 0.6) is 0 Å². The monoisotopic (exact) mass is 219 g/mol. The van der Waals surface area contributed by atoms with E-state index in [2.05, 4.69) is 41.2 Å². The molecule has 1 heterocycles. The van der Waals surface area contributed by atoms with E-state index in [9.17, 15) is 0 Å². The summed E-state index contributed by atoms with van der Waals surface area (Å²) in [4.78, 5) is 6.66. The first kappa shape index (κ1) is 11.4. The molecule has 0 atom stereocenters. The van der Waals surface area contributed by atoms with Crippen LogP contribution in [-0.4, -0.2) is 25.1 Å². The zero-order chi connectivity index (χ0) is 11.8. The molecule has 2 rings (SSSR count). The van der Waals surface area contributed by atoms with Gasteiger partial charge in [0.05, 0.1) is 23.1 Å². The van der Waals surface area contributed by atoms with Crippen LogP contribution in [0.4, 0.5) is 5.69 Å². The molecule has 1 fully saturated rings. The zero-order valence-electron chi connectivity index (χ0n) is 10.6. The van der Waals surface area contributed by atoms with Crippen LogP contribution in [0.25, 0.3) is 0 Å². The van der Waals surface area contributed by atoms with Gasteiger partial charge in [-0.15, -0.1) is 0 Å². The van der Waals surface area contributed by atoms with E-state index in [0.717, 1.165) is 5.69 Å². The Labute approximate surface area is 97.9 Å². The van der Waals surface area contributed by atoms with Gasteiger partial charge in [0.25, 0.3) is 0 Å². The molecule has 1 saturated carbocycles. The van der Waals surface area contributed by atoms with E-state index >= 15 is 0 Å². The molecular weight excluding hydrogens is 198 g/mol. The molecule has 1 aromatic rings. The van der Waals surface area contributed by atoms with Crippen LogP contribution in [0, 0.1) is 0 Å². The first-order valence-electron chi connectivity index (χ1n) is 5.95. The molecule has 0 bridgehead atoms. The molecular formula is C13H21N3. The highest BCUT2D eigenvalue weighted by Crippen LogP contribution is 2.45. The summed E-state index contributed by atoms with van der Waals surface area (Å²) in [6.45, 7) is 4.38. The molecule has 1 aromatic heterocycles. The van der Waals surface area contributed by atoms with E-state index < -0.39 is 0 Å². The number of aromatic nitrogens is 1. The maximum Gasteiger partial charge on any atom is 0.0612 e. The van der Waals surface area contributed by atoms with Gasteiger partial charge < -0.3 is 10.2 Å². The normalized spacial score (nSPS) is 17.6. The van der Waals surface area contributed by atoms with Crippen molar-refractivity contribution in [3.05, 3.63) is 24.0 Å². The second kappa shape index (κ2) is 4.06. The standard InChI is InChI=1S/C13H21N3/c1-10(2)15-13(7-8-13)12-6-5-11(9-14-12)16(3)4/h5-6,9-10,15H,7-8H2,1-4H3. The molecule has 1 N–H and O–H groups in total. The van der Waals surface area contributed by atoms with Gasteiger partial charge in [0.1, 0.15) is 0 Å². The predicted octanol–water partition coefficient (Wildman–Crippen LogP) is 2.13. The zero-order valence-corrected chi connectivity index (χ0v) is 10.6. The third-order valence-corrected chi connectivity index (χ3v) is 3.07. The van der Waals surface area contributed by atoms with E-state index in [1.165, 1.54) is 18.5 Å². The van der Waals surface area contributed by atoms with Crippen molar-refractivity contribution in [3.8, 4) is 0 Å². The van der Waals surface area contributed by atoms with Crippen LogP contribution < -0.4 is 10.2 Å². The number of nitrogens with zero attached hydrogens (tertiary/aromatic N) is 2. The summed E-state index contributed by atoms with van der Waals surface area (Å²) in [6, 6.07) is 4.81. The van der Waals surface area contributed by atoms with E-state index in [1.54, 1.807) is 0 Å². The number of rotatable bonds is 4. The lowest BCUT2D eigenvalue weighted by Crippen LogP contribution is -2.35. The molecule has 1 aliphatic rings. The van der Waals surface area contributed by atoms with Crippen LogP contribution in [0.3, 0.4) is 0 Å². The Morgan fingerprint density at radius 2 is 2.00 bits per heavy atom. The van der Waals surface area contributed by atoms with Gasteiger partial charge in [-0.3, -0.25) is 4.98 Å². The maximum atomic E-state index is 4.58. The summed E-state index contributed by atoms with van der Waals surface area (Å²) in [7, 11) is 4.08. The highest BCUT2D eigenvalue weighted by molar-refractivity contribution is 5.44. The molecule has 0 radical (unpaired) electrons. The molecule has 3 heteroatoms. The first-order valence-corrected chi connectivity index (χ1v) is 5.95. The van der Waals surface area contributed by atoms with E-state index in [-0.39, 0.29) is 5.54 Å². The van der Waals surface area contributed by atoms with Gasteiger partial charge in [0.15, 0.2) is 0 Å². The highest BCUT2D eigenvalue weighted by Gasteiger charge is 2.45. The molecule has 0 spiro atoms. The summed E-state index contributed by atoms with van der Waals surface area (Å²) >= 11 is 0. The van der Waals surface area contributed by atoms with Crippen molar-refractivity contribution in [1.82, 2.24) is 10.3 Å². The van der Waals surface area contributed by atoms with Gasteiger partial charge in [0, 0.05) is 20.1 Å². The molecule has 0 amide bonds. The SMILES string of the molecule is CC(C)NC1(c2ccc(N(C)C)cn2)CC1. The van der Waals surface area contributed by atoms with Gasteiger partial charge in [0.2, 0.25) is 0 Å². The Balaban J connectivity index is 2.15. The average Bonchev–Trinajstić information content (AvgIpc) is 2.98. The van der Waals surface area contributed by atoms with Gasteiger partial charge in [-0.1, -0.05) is 0 Å². The minimum Gasteiger partial charge on any atom is -0.376 e. The minimum absolute atomic E-state index is 0.166. The smallest absolute Gasteiger partial charge is 0.0612 e. The molecule has 0 unspecified atom stereocenters. The van der Waals surface area contributed by atoms with Crippen LogP contribution in [0.15, 0.2) is 18.3 Å². The second-order valence-corrected chi connectivity index (χ2v) is 5.18. The van der Waals surface area contributed by atoms with Gasteiger partial charge in [-0.2, -0.15) is 0 Å². The third kappa shape index (κ3) is 2.19. The Morgan fingerprint density at radius 1 is 1.31 bits per heavy atom. The Morgan fingerprint density at radius 3 is 2.38 bits per heavy atom. The Hall–Kier alpha value is -1.09. The summed E-state index contributed by atoms with van der Waals surface area (Å²) in [5.41, 5.74) is 2.51. The summed E-state index contributed by atoms with van der Waals surface area (Å²) in [6.07, 6.45) is 4.37. The molecule has 0 aromatic carbocycles. The fraction of sp³-hybridized carbons (Fsp3) is 0.615. The number of hydrogen-bond donors (Lipinski definition) is 1. The Bertz CT molecular complexity index is 350. The van der Waals surface area contributed by atoms with Crippen LogP contribution >= 0.6 is 0 Å². The maximum absolute atomic E-state index is 4.58. The lowest BCUT2D eigenvalue weighted by molar-refractivity contribution is 0.452. The lowest BCUT2D eigenvalue weighted by atomic mass is 10.1. The molecule has 0 aliphatic heterocycles. The van der Waals surface area contributed by atoms with Gasteiger partial charge in [-0.05, 0) is 38.8 Å². The van der Waals surface area contributed by atoms with Crippen LogP contribution in [0.1, 0.15) is 32.4 Å². The van der Waals surface area contributed by atoms with Crippen molar-refractivity contribution < 1.29 is 0 Å². The number of pyridine rings is 1. The van der Waals surface area contributed by atoms with Gasteiger partial charge >= 0.3 is 0 Å². The van der Waals surface area contributed by atoms with Crippen molar-refractivity contribution in [1.29, 1.82) is 0 Å². The number of anilines is 1. The highest BCUT2D eigenvalue weighted by atomic mass is 15.1. The summed E-state index contributed by atoms with van der Waals surface area (Å²) in [5.74, 6) is 0. The molecule has 88 valence electrons.